The number of pyridine rings is 1. The van der Waals surface area contributed by atoms with Crippen LogP contribution in [0.15, 0.2) is 47.6 Å². The Morgan fingerprint density at radius 1 is 1.27 bits per heavy atom. The minimum absolute atomic E-state index is 0.185. The molecule has 1 fully saturated rings. The quantitative estimate of drug-likeness (QED) is 0.748. The predicted octanol–water partition coefficient (Wildman–Crippen LogP) is 3.37. The lowest BCUT2D eigenvalue weighted by atomic mass is 10.1. The number of nitrogens with zero attached hydrogens (tertiary/aromatic N) is 2. The molecule has 3 rings (SSSR count). The van der Waals surface area contributed by atoms with Crippen LogP contribution in [0, 0.1) is 0 Å². The molecule has 0 spiro atoms. The molecule has 2 aromatic rings. The van der Waals surface area contributed by atoms with Crippen LogP contribution in [0.5, 0.6) is 11.5 Å². The van der Waals surface area contributed by atoms with Crippen molar-refractivity contribution in [1.29, 1.82) is 0 Å². The van der Waals surface area contributed by atoms with Crippen LogP contribution in [-0.2, 0) is 10.0 Å². The molecule has 1 aliphatic heterocycles. The number of hydrogen-bond acceptors (Lipinski definition) is 5. The van der Waals surface area contributed by atoms with Gasteiger partial charge in [0, 0.05) is 25.0 Å². The molecule has 1 aromatic heterocycles. The molecule has 0 amide bonds. The molecule has 2 heterocycles. The van der Waals surface area contributed by atoms with E-state index in [0.29, 0.717) is 36.1 Å². The van der Waals surface area contributed by atoms with Gasteiger partial charge >= 0.3 is 0 Å². The fraction of sp³-hybridized carbons (Fsp3) is 0.389. The molecule has 0 N–H and O–H groups in total. The van der Waals surface area contributed by atoms with Crippen molar-refractivity contribution in [2.45, 2.75) is 30.8 Å². The summed E-state index contributed by atoms with van der Waals surface area (Å²) >= 11 is 6.09. The van der Waals surface area contributed by atoms with Gasteiger partial charge in [-0.15, -0.1) is 0 Å². The molecule has 1 atom stereocenters. The van der Waals surface area contributed by atoms with Gasteiger partial charge in [-0.25, -0.2) is 8.42 Å². The van der Waals surface area contributed by atoms with Crippen molar-refractivity contribution in [2.24, 2.45) is 0 Å². The molecular weight excluding hydrogens is 376 g/mol. The van der Waals surface area contributed by atoms with E-state index >= 15 is 0 Å². The molecule has 8 heteroatoms. The molecule has 1 unspecified atom stereocenters. The van der Waals surface area contributed by atoms with Gasteiger partial charge in [0.15, 0.2) is 0 Å². The van der Waals surface area contributed by atoms with Crippen LogP contribution in [0.2, 0.25) is 5.02 Å². The third kappa shape index (κ3) is 4.11. The second kappa shape index (κ2) is 8.24. The third-order valence-electron chi connectivity index (χ3n) is 4.14. The predicted molar refractivity (Wildman–Crippen MR) is 99.3 cm³/mol. The third-order valence-corrected chi connectivity index (χ3v) is 6.33. The summed E-state index contributed by atoms with van der Waals surface area (Å²) in [7, 11) is -3.67. The summed E-state index contributed by atoms with van der Waals surface area (Å²) in [6.45, 7) is 2.94. The Kier molecular flexibility index (Phi) is 6.01. The van der Waals surface area contributed by atoms with E-state index < -0.39 is 10.0 Å². The summed E-state index contributed by atoms with van der Waals surface area (Å²) < 4.78 is 39.1. The Balaban J connectivity index is 1.79. The number of halogens is 1. The molecule has 26 heavy (non-hydrogen) atoms. The summed E-state index contributed by atoms with van der Waals surface area (Å²) in [5.41, 5.74) is 0. The lowest BCUT2D eigenvalue weighted by Gasteiger charge is -2.32. The molecule has 0 radical (unpaired) electrons. The van der Waals surface area contributed by atoms with Gasteiger partial charge in [0.2, 0.25) is 10.0 Å². The van der Waals surface area contributed by atoms with Crippen LogP contribution >= 0.6 is 11.6 Å². The second-order valence-electron chi connectivity index (χ2n) is 5.93. The summed E-state index contributed by atoms with van der Waals surface area (Å²) in [6.07, 6.45) is 4.31. The lowest BCUT2D eigenvalue weighted by Crippen LogP contribution is -2.44. The number of ether oxygens (including phenoxy) is 2. The Bertz CT molecular complexity index is 860. The van der Waals surface area contributed by atoms with Crippen LogP contribution < -0.4 is 9.47 Å². The highest BCUT2D eigenvalue weighted by atomic mass is 35.5. The van der Waals surface area contributed by atoms with Gasteiger partial charge in [0.25, 0.3) is 0 Å². The number of sulfonamides is 1. The van der Waals surface area contributed by atoms with E-state index in [1.807, 2.05) is 6.92 Å². The lowest BCUT2D eigenvalue weighted by molar-refractivity contribution is 0.129. The van der Waals surface area contributed by atoms with Crippen LogP contribution in [0.4, 0.5) is 0 Å². The standard InChI is InChI=1S/C18H21ClN2O4S/c1-2-24-17-7-3-4-8-18(17)26(22,23)21-11-5-6-14(13-21)25-16-9-10-20-12-15(16)19/h3-4,7-10,12,14H,2,5-6,11,13H2,1H3. The number of para-hydroxylation sites is 1. The van der Waals surface area contributed by atoms with E-state index in [1.54, 1.807) is 36.5 Å². The first-order valence-corrected chi connectivity index (χ1v) is 10.3. The summed E-state index contributed by atoms with van der Waals surface area (Å²) in [6, 6.07) is 8.39. The first kappa shape index (κ1) is 18.9. The van der Waals surface area contributed by atoms with Gasteiger partial charge in [-0.2, -0.15) is 4.31 Å². The van der Waals surface area contributed by atoms with Crippen LogP contribution in [0.25, 0.3) is 0 Å². The van der Waals surface area contributed by atoms with Gasteiger partial charge < -0.3 is 9.47 Å². The van der Waals surface area contributed by atoms with Crippen molar-refractivity contribution < 1.29 is 17.9 Å². The summed E-state index contributed by atoms with van der Waals surface area (Å²) in [5.74, 6) is 0.885. The molecule has 1 aromatic carbocycles. The van der Waals surface area contributed by atoms with Crippen molar-refractivity contribution in [3.05, 3.63) is 47.7 Å². The molecule has 0 bridgehead atoms. The van der Waals surface area contributed by atoms with Crippen molar-refractivity contribution >= 4 is 21.6 Å². The SMILES string of the molecule is CCOc1ccccc1S(=O)(=O)N1CCCC(Oc2ccncc2Cl)C1. The monoisotopic (exact) mass is 396 g/mol. The highest BCUT2D eigenvalue weighted by molar-refractivity contribution is 7.89. The maximum atomic E-state index is 13.1. The number of piperidine rings is 1. The minimum atomic E-state index is -3.67. The molecule has 140 valence electrons. The van der Waals surface area contributed by atoms with Gasteiger partial charge in [-0.05, 0) is 31.9 Å². The first-order valence-electron chi connectivity index (χ1n) is 8.50. The van der Waals surface area contributed by atoms with E-state index in [1.165, 1.54) is 10.5 Å². The number of aromatic nitrogens is 1. The molecular formula is C18H21ClN2O4S. The highest BCUT2D eigenvalue weighted by Gasteiger charge is 2.33. The van der Waals surface area contributed by atoms with Crippen molar-refractivity contribution in [3.63, 3.8) is 0 Å². The number of benzene rings is 1. The van der Waals surface area contributed by atoms with Crippen molar-refractivity contribution in [3.8, 4) is 11.5 Å². The van der Waals surface area contributed by atoms with Crippen molar-refractivity contribution in [2.75, 3.05) is 19.7 Å². The normalized spacial score (nSPS) is 18.5. The van der Waals surface area contributed by atoms with E-state index in [4.69, 9.17) is 21.1 Å². The fourth-order valence-electron chi connectivity index (χ4n) is 2.93. The molecule has 0 saturated carbocycles. The molecule has 6 nitrogen and oxygen atoms in total. The maximum absolute atomic E-state index is 13.1. The van der Waals surface area contributed by atoms with E-state index in [9.17, 15) is 8.42 Å². The summed E-state index contributed by atoms with van der Waals surface area (Å²) in [4.78, 5) is 4.11. The highest BCUT2D eigenvalue weighted by Crippen LogP contribution is 2.30. The fourth-order valence-corrected chi connectivity index (χ4v) is 4.74. The Morgan fingerprint density at radius 2 is 2.08 bits per heavy atom. The van der Waals surface area contributed by atoms with Crippen molar-refractivity contribution in [1.82, 2.24) is 9.29 Å². The first-order chi connectivity index (χ1) is 12.5. The minimum Gasteiger partial charge on any atom is -0.492 e. The maximum Gasteiger partial charge on any atom is 0.246 e. The van der Waals surface area contributed by atoms with E-state index in [2.05, 4.69) is 4.98 Å². The van der Waals surface area contributed by atoms with Gasteiger partial charge in [0.05, 0.1) is 13.2 Å². The van der Waals surface area contributed by atoms with Gasteiger partial charge in [-0.1, -0.05) is 23.7 Å². The Morgan fingerprint density at radius 3 is 2.85 bits per heavy atom. The van der Waals surface area contributed by atoms with E-state index in [-0.39, 0.29) is 17.5 Å². The summed E-state index contributed by atoms with van der Waals surface area (Å²) in [5, 5.41) is 0.411. The molecule has 0 aliphatic carbocycles. The largest absolute Gasteiger partial charge is 0.492 e. The second-order valence-corrected chi connectivity index (χ2v) is 8.24. The molecule has 1 aliphatic rings. The van der Waals surface area contributed by atoms with Gasteiger partial charge in [-0.3, -0.25) is 4.98 Å². The van der Waals surface area contributed by atoms with Crippen LogP contribution in [0.1, 0.15) is 19.8 Å². The average molecular weight is 397 g/mol. The molecule has 1 saturated heterocycles. The Labute approximate surface area is 158 Å². The topological polar surface area (TPSA) is 68.7 Å². The Hall–Kier alpha value is -1.83. The zero-order chi connectivity index (χ0) is 18.6. The zero-order valence-electron chi connectivity index (χ0n) is 14.5. The zero-order valence-corrected chi connectivity index (χ0v) is 16.0. The van der Waals surface area contributed by atoms with E-state index in [0.717, 1.165) is 6.42 Å². The number of hydrogen-bond donors (Lipinski definition) is 0. The van der Waals surface area contributed by atoms with Crippen LogP contribution in [0.3, 0.4) is 0 Å². The number of rotatable bonds is 6. The average Bonchev–Trinajstić information content (AvgIpc) is 2.64. The van der Waals surface area contributed by atoms with Gasteiger partial charge in [0.1, 0.15) is 27.5 Å². The smallest absolute Gasteiger partial charge is 0.246 e. The van der Waals surface area contributed by atoms with Crippen LogP contribution in [-0.4, -0.2) is 43.5 Å².